The number of imidazole rings is 1. The second-order valence-corrected chi connectivity index (χ2v) is 6.27. The number of ketones is 1. The zero-order chi connectivity index (χ0) is 13.5. The highest BCUT2D eigenvalue weighted by Crippen LogP contribution is 2.20. The zero-order valence-electron chi connectivity index (χ0n) is 10.3. The predicted molar refractivity (Wildman–Crippen MR) is 80.7 cm³/mol. The second kappa shape index (κ2) is 4.50. The number of hydrogen-bond donors (Lipinski definition) is 0. The van der Waals surface area contributed by atoms with Crippen molar-refractivity contribution in [3.63, 3.8) is 0 Å². The van der Waals surface area contributed by atoms with Crippen molar-refractivity contribution in [2.45, 2.75) is 6.42 Å². The van der Waals surface area contributed by atoms with Crippen molar-refractivity contribution in [2.75, 3.05) is 0 Å². The Morgan fingerprint density at radius 1 is 1.30 bits per heavy atom. The summed E-state index contributed by atoms with van der Waals surface area (Å²) in [4.78, 5) is 21.9. The van der Waals surface area contributed by atoms with Crippen molar-refractivity contribution in [1.82, 2.24) is 14.4 Å². The molecule has 6 heteroatoms. The molecule has 0 bridgehead atoms. The third-order valence-electron chi connectivity index (χ3n) is 3.11. The molecule has 0 unspecified atom stereocenters. The number of nitrogens with zero attached hydrogens (tertiary/aromatic N) is 3. The number of rotatable bonds is 3. The average Bonchev–Trinajstić information content (AvgIpc) is 3.11. The molecule has 4 rings (SSSR count). The first-order valence-corrected chi connectivity index (χ1v) is 7.83. The van der Waals surface area contributed by atoms with E-state index in [0.717, 1.165) is 20.9 Å². The number of carbonyl (C=O) groups is 1. The molecule has 0 radical (unpaired) electrons. The minimum atomic E-state index is 0.0542. The Balaban J connectivity index is 1.64. The maximum Gasteiger partial charge on any atom is 0.193 e. The lowest BCUT2D eigenvalue weighted by molar-refractivity contribution is 0.0992. The van der Waals surface area contributed by atoms with E-state index in [1.165, 1.54) is 0 Å². The first kappa shape index (κ1) is 11.7. The highest BCUT2D eigenvalue weighted by atomic mass is 32.1. The summed E-state index contributed by atoms with van der Waals surface area (Å²) < 4.78 is 2.98. The molecule has 0 amide bonds. The van der Waals surface area contributed by atoms with Gasteiger partial charge in [0, 0.05) is 29.5 Å². The van der Waals surface area contributed by atoms with Crippen LogP contribution in [-0.2, 0) is 6.42 Å². The number of carbonyl (C=O) groups excluding carboxylic acids is 1. The van der Waals surface area contributed by atoms with E-state index >= 15 is 0 Å². The van der Waals surface area contributed by atoms with Crippen molar-refractivity contribution in [3.05, 3.63) is 52.7 Å². The molecular weight excluding hydrogens is 290 g/mol. The summed E-state index contributed by atoms with van der Waals surface area (Å²) in [6.45, 7) is 0. The summed E-state index contributed by atoms with van der Waals surface area (Å²) in [5.74, 6) is 0.0542. The second-order valence-electron chi connectivity index (χ2n) is 4.45. The van der Waals surface area contributed by atoms with Crippen molar-refractivity contribution < 1.29 is 4.79 Å². The van der Waals surface area contributed by atoms with Gasteiger partial charge in [-0.3, -0.25) is 14.2 Å². The van der Waals surface area contributed by atoms with Crippen molar-refractivity contribution >= 4 is 43.6 Å². The number of thiophene rings is 1. The minimum Gasteiger partial charge on any atom is -0.297 e. The molecule has 0 aliphatic rings. The van der Waals surface area contributed by atoms with Crippen LogP contribution in [-0.4, -0.2) is 20.2 Å². The lowest BCUT2D eigenvalue weighted by Gasteiger charge is -1.98. The maximum atomic E-state index is 12.3. The third-order valence-corrected chi connectivity index (χ3v) is 4.73. The van der Waals surface area contributed by atoms with Gasteiger partial charge in [0.1, 0.15) is 0 Å². The summed E-state index contributed by atoms with van der Waals surface area (Å²) in [5, 5.41) is 3.96. The van der Waals surface area contributed by atoms with Crippen LogP contribution in [0.25, 0.3) is 15.2 Å². The fourth-order valence-corrected chi connectivity index (χ4v) is 3.63. The van der Waals surface area contributed by atoms with E-state index < -0.39 is 0 Å². The van der Waals surface area contributed by atoms with Gasteiger partial charge in [0.2, 0.25) is 0 Å². The highest BCUT2D eigenvalue weighted by Gasteiger charge is 2.12. The van der Waals surface area contributed by atoms with Crippen LogP contribution in [0.5, 0.6) is 0 Å². The van der Waals surface area contributed by atoms with Gasteiger partial charge in [0.05, 0.1) is 22.3 Å². The van der Waals surface area contributed by atoms with Gasteiger partial charge < -0.3 is 0 Å². The molecule has 20 heavy (non-hydrogen) atoms. The van der Waals surface area contributed by atoms with Crippen LogP contribution >= 0.6 is 22.7 Å². The number of aromatic nitrogens is 3. The fourth-order valence-electron chi connectivity index (χ4n) is 2.13. The SMILES string of the molecule is O=C(Cc1cn2ccsc2n1)c1cnc2ccsc2c1. The first-order chi connectivity index (χ1) is 9.79. The van der Waals surface area contributed by atoms with Crippen LogP contribution in [0.1, 0.15) is 16.1 Å². The molecule has 4 nitrogen and oxygen atoms in total. The van der Waals surface area contributed by atoms with Gasteiger partial charge in [0.15, 0.2) is 10.7 Å². The number of thiazole rings is 1. The smallest absolute Gasteiger partial charge is 0.193 e. The number of fused-ring (bicyclic) bond motifs is 2. The number of Topliss-reactive ketones (excluding diaryl/α,β-unsaturated/α-hetero) is 1. The Kier molecular flexibility index (Phi) is 2.64. The summed E-state index contributed by atoms with van der Waals surface area (Å²) >= 11 is 3.16. The molecule has 0 aromatic carbocycles. The summed E-state index contributed by atoms with van der Waals surface area (Å²) in [6.07, 6.45) is 5.81. The molecule has 0 N–H and O–H groups in total. The largest absolute Gasteiger partial charge is 0.297 e. The topological polar surface area (TPSA) is 47.3 Å². The molecule has 0 aliphatic heterocycles. The van der Waals surface area contributed by atoms with Gasteiger partial charge in [-0.25, -0.2) is 4.98 Å². The van der Waals surface area contributed by atoms with Crippen molar-refractivity contribution in [3.8, 4) is 0 Å². The molecule has 0 spiro atoms. The summed E-state index contributed by atoms with van der Waals surface area (Å²) in [5.41, 5.74) is 2.39. The van der Waals surface area contributed by atoms with Crippen LogP contribution in [0.2, 0.25) is 0 Å². The molecule has 4 aromatic rings. The summed E-state index contributed by atoms with van der Waals surface area (Å²) in [6, 6.07) is 3.87. The maximum absolute atomic E-state index is 12.3. The Bertz CT molecular complexity index is 890. The Labute approximate surface area is 122 Å². The fraction of sp³-hybridized carbons (Fsp3) is 0.0714. The van der Waals surface area contributed by atoms with Gasteiger partial charge in [-0.2, -0.15) is 0 Å². The summed E-state index contributed by atoms with van der Waals surface area (Å²) in [7, 11) is 0. The Morgan fingerprint density at radius 2 is 2.25 bits per heavy atom. The van der Waals surface area contributed by atoms with E-state index in [4.69, 9.17) is 0 Å². The van der Waals surface area contributed by atoms with E-state index in [0.29, 0.717) is 12.0 Å². The van der Waals surface area contributed by atoms with Crippen LogP contribution in [0.4, 0.5) is 0 Å². The normalized spacial score (nSPS) is 11.4. The number of hydrogen-bond acceptors (Lipinski definition) is 5. The molecule has 0 atom stereocenters. The van der Waals surface area contributed by atoms with E-state index in [1.807, 2.05) is 39.7 Å². The van der Waals surface area contributed by atoms with Gasteiger partial charge in [-0.05, 0) is 17.5 Å². The number of pyridine rings is 1. The predicted octanol–water partition coefficient (Wildman–Crippen LogP) is 3.43. The zero-order valence-corrected chi connectivity index (χ0v) is 11.9. The average molecular weight is 299 g/mol. The monoisotopic (exact) mass is 299 g/mol. The van der Waals surface area contributed by atoms with Gasteiger partial charge in [-0.15, -0.1) is 22.7 Å². The molecule has 0 aliphatic carbocycles. The molecular formula is C14H9N3OS2. The quantitative estimate of drug-likeness (QED) is 0.544. The molecule has 0 fully saturated rings. The molecule has 4 heterocycles. The van der Waals surface area contributed by atoms with Crippen LogP contribution in [0.3, 0.4) is 0 Å². The first-order valence-electron chi connectivity index (χ1n) is 6.07. The van der Waals surface area contributed by atoms with E-state index in [1.54, 1.807) is 28.9 Å². The third kappa shape index (κ3) is 1.93. The van der Waals surface area contributed by atoms with Gasteiger partial charge >= 0.3 is 0 Å². The Morgan fingerprint density at radius 3 is 3.15 bits per heavy atom. The van der Waals surface area contributed by atoms with E-state index in [-0.39, 0.29) is 5.78 Å². The van der Waals surface area contributed by atoms with Gasteiger partial charge in [0.25, 0.3) is 0 Å². The van der Waals surface area contributed by atoms with Crippen LogP contribution in [0, 0.1) is 0 Å². The molecule has 0 saturated heterocycles. The lowest BCUT2D eigenvalue weighted by Crippen LogP contribution is -2.04. The van der Waals surface area contributed by atoms with Crippen molar-refractivity contribution in [1.29, 1.82) is 0 Å². The minimum absolute atomic E-state index is 0.0542. The van der Waals surface area contributed by atoms with E-state index in [2.05, 4.69) is 9.97 Å². The van der Waals surface area contributed by atoms with Crippen LogP contribution < -0.4 is 0 Å². The van der Waals surface area contributed by atoms with Gasteiger partial charge in [-0.1, -0.05) is 0 Å². The lowest BCUT2D eigenvalue weighted by atomic mass is 10.1. The van der Waals surface area contributed by atoms with Crippen LogP contribution in [0.15, 0.2) is 41.5 Å². The molecule has 0 saturated carbocycles. The Hall–Kier alpha value is -2.05. The molecule has 98 valence electrons. The standard InChI is InChI=1S/C14H9N3OS2/c18-12(6-10-8-17-2-4-20-14(17)16-10)9-5-13-11(15-7-9)1-3-19-13/h1-5,7-8H,6H2. The molecule has 4 aromatic heterocycles. The highest BCUT2D eigenvalue weighted by molar-refractivity contribution is 7.17. The van der Waals surface area contributed by atoms with E-state index in [9.17, 15) is 4.79 Å². The van der Waals surface area contributed by atoms with Crippen molar-refractivity contribution in [2.24, 2.45) is 0 Å².